The van der Waals surface area contributed by atoms with E-state index >= 15 is 0 Å². The third-order valence-electron chi connectivity index (χ3n) is 2.59. The van der Waals surface area contributed by atoms with Crippen LogP contribution < -0.4 is 16.5 Å². The smallest absolute Gasteiger partial charge is 0.243 e. The Bertz CT molecular complexity index is 439. The largest absolute Gasteiger partial charge is 0.394 e. The maximum absolute atomic E-state index is 11.5. The predicted octanol–water partition coefficient (Wildman–Crippen LogP) is -0.118. The van der Waals surface area contributed by atoms with E-state index in [1.54, 1.807) is 10.8 Å². The van der Waals surface area contributed by atoms with E-state index in [2.05, 4.69) is 5.32 Å². The van der Waals surface area contributed by atoms with Crippen molar-refractivity contribution in [3.63, 3.8) is 0 Å². The Morgan fingerprint density at radius 2 is 2.27 bits per heavy atom. The number of hydrogen-bond donors (Lipinski definition) is 2. The number of rotatable bonds is 1. The van der Waals surface area contributed by atoms with E-state index in [4.69, 9.17) is 5.73 Å². The highest BCUT2D eigenvalue weighted by Gasteiger charge is 2.22. The van der Waals surface area contributed by atoms with Crippen LogP contribution >= 0.6 is 0 Å². The van der Waals surface area contributed by atoms with Crippen molar-refractivity contribution in [3.05, 3.63) is 28.7 Å². The van der Waals surface area contributed by atoms with Gasteiger partial charge in [-0.05, 0) is 12.8 Å². The van der Waals surface area contributed by atoms with Crippen LogP contribution in [0.15, 0.2) is 23.3 Å². The number of nitrogen functional groups attached to an aromatic ring is 1. The highest BCUT2D eigenvalue weighted by atomic mass is 16.2. The van der Waals surface area contributed by atoms with Crippen LogP contribution in [0.5, 0.6) is 0 Å². The normalized spacial score (nSPS) is 21.1. The monoisotopic (exact) mass is 207 g/mol. The van der Waals surface area contributed by atoms with Crippen LogP contribution in [-0.2, 0) is 4.79 Å². The van der Waals surface area contributed by atoms with Gasteiger partial charge < -0.3 is 15.6 Å². The number of piperidine rings is 1. The van der Waals surface area contributed by atoms with E-state index in [1.165, 1.54) is 12.3 Å². The van der Waals surface area contributed by atoms with Crippen LogP contribution in [-0.4, -0.2) is 17.0 Å². The summed E-state index contributed by atoms with van der Waals surface area (Å²) >= 11 is 0. The molecule has 1 aromatic rings. The highest BCUT2D eigenvalue weighted by molar-refractivity contribution is 5.81. The summed E-state index contributed by atoms with van der Waals surface area (Å²) in [7, 11) is 0. The van der Waals surface area contributed by atoms with Crippen LogP contribution in [0.4, 0.5) is 5.69 Å². The van der Waals surface area contributed by atoms with Crippen LogP contribution in [0.25, 0.3) is 0 Å². The number of carbonyl (C=O) groups is 1. The van der Waals surface area contributed by atoms with E-state index in [0.29, 0.717) is 0 Å². The molecule has 15 heavy (non-hydrogen) atoms. The summed E-state index contributed by atoms with van der Waals surface area (Å²) in [6.07, 6.45) is 4.86. The molecule has 1 saturated heterocycles. The van der Waals surface area contributed by atoms with Gasteiger partial charge in [0.15, 0.2) is 0 Å². The average molecular weight is 207 g/mol. The lowest BCUT2D eigenvalue weighted by molar-refractivity contribution is -0.125. The zero-order valence-electron chi connectivity index (χ0n) is 8.27. The summed E-state index contributed by atoms with van der Waals surface area (Å²) in [5.74, 6) is -0.00991. The van der Waals surface area contributed by atoms with Crippen molar-refractivity contribution in [2.75, 3.05) is 12.3 Å². The molecule has 2 rings (SSSR count). The van der Waals surface area contributed by atoms with Crippen LogP contribution in [0, 0.1) is 0 Å². The van der Waals surface area contributed by atoms with Gasteiger partial charge in [-0.2, -0.15) is 0 Å². The number of nitrogens with zero attached hydrogens (tertiary/aromatic N) is 1. The Labute approximate surface area is 86.9 Å². The van der Waals surface area contributed by atoms with Crippen molar-refractivity contribution in [2.24, 2.45) is 0 Å². The number of anilines is 1. The molecule has 1 aliphatic rings. The summed E-state index contributed by atoms with van der Waals surface area (Å²) in [6, 6.07) is 1.15. The van der Waals surface area contributed by atoms with Gasteiger partial charge in [-0.25, -0.2) is 0 Å². The summed E-state index contributed by atoms with van der Waals surface area (Å²) in [6.45, 7) is 0.727. The predicted molar refractivity (Wildman–Crippen MR) is 56.4 cm³/mol. The van der Waals surface area contributed by atoms with Gasteiger partial charge in [0, 0.05) is 25.0 Å². The quantitative estimate of drug-likeness (QED) is 0.674. The molecule has 80 valence electrons. The van der Waals surface area contributed by atoms with Crippen molar-refractivity contribution in [1.82, 2.24) is 9.88 Å². The van der Waals surface area contributed by atoms with Gasteiger partial charge in [0.05, 0.1) is 5.69 Å². The van der Waals surface area contributed by atoms with Crippen molar-refractivity contribution in [3.8, 4) is 0 Å². The first kappa shape index (κ1) is 9.76. The fourth-order valence-electron chi connectivity index (χ4n) is 1.75. The first-order valence-electron chi connectivity index (χ1n) is 4.93. The molecule has 1 fully saturated rings. The lowest BCUT2D eigenvalue weighted by Gasteiger charge is -2.24. The van der Waals surface area contributed by atoms with E-state index < -0.39 is 0 Å². The number of nitrogens with one attached hydrogen (secondary N) is 1. The Balaban J connectivity index is 2.32. The maximum Gasteiger partial charge on any atom is 0.243 e. The number of aromatic nitrogens is 1. The molecular formula is C10H13N3O2. The average Bonchev–Trinajstić information content (AvgIpc) is 2.23. The Morgan fingerprint density at radius 3 is 2.93 bits per heavy atom. The van der Waals surface area contributed by atoms with Crippen molar-refractivity contribution in [2.45, 2.75) is 18.9 Å². The SMILES string of the molecule is Nc1cn(C2CCCNC2=O)ccc1=O. The molecule has 1 aromatic heterocycles. The molecular weight excluding hydrogens is 194 g/mol. The lowest BCUT2D eigenvalue weighted by atomic mass is 10.1. The Morgan fingerprint density at radius 1 is 1.47 bits per heavy atom. The molecule has 0 saturated carbocycles. The van der Waals surface area contributed by atoms with Gasteiger partial charge in [-0.15, -0.1) is 0 Å². The molecule has 0 bridgehead atoms. The van der Waals surface area contributed by atoms with Crippen LogP contribution in [0.2, 0.25) is 0 Å². The second-order valence-corrected chi connectivity index (χ2v) is 3.66. The van der Waals surface area contributed by atoms with E-state index in [-0.39, 0.29) is 23.1 Å². The summed E-state index contributed by atoms with van der Waals surface area (Å²) in [4.78, 5) is 22.6. The highest BCUT2D eigenvalue weighted by Crippen LogP contribution is 2.17. The van der Waals surface area contributed by atoms with Gasteiger partial charge in [0.25, 0.3) is 0 Å². The molecule has 5 nitrogen and oxygen atoms in total. The molecule has 1 atom stereocenters. The van der Waals surface area contributed by atoms with E-state index in [1.807, 2.05) is 0 Å². The zero-order chi connectivity index (χ0) is 10.8. The molecule has 0 aliphatic carbocycles. The second kappa shape index (κ2) is 3.76. The summed E-state index contributed by atoms with van der Waals surface area (Å²) in [5, 5.41) is 2.79. The zero-order valence-corrected chi connectivity index (χ0v) is 8.27. The number of nitrogens with two attached hydrogens (primary N) is 1. The summed E-state index contributed by atoms with van der Waals surface area (Å²) < 4.78 is 1.70. The fraction of sp³-hybridized carbons (Fsp3) is 0.400. The van der Waals surface area contributed by atoms with Crippen molar-refractivity contribution >= 4 is 11.6 Å². The third-order valence-corrected chi connectivity index (χ3v) is 2.59. The summed E-state index contributed by atoms with van der Waals surface area (Å²) in [5.41, 5.74) is 5.48. The topological polar surface area (TPSA) is 77.1 Å². The molecule has 5 heteroatoms. The first-order chi connectivity index (χ1) is 7.18. The van der Waals surface area contributed by atoms with E-state index in [0.717, 1.165) is 19.4 Å². The van der Waals surface area contributed by atoms with Gasteiger partial charge >= 0.3 is 0 Å². The van der Waals surface area contributed by atoms with Gasteiger partial charge in [-0.1, -0.05) is 0 Å². The Kier molecular flexibility index (Phi) is 2.45. The van der Waals surface area contributed by atoms with Crippen LogP contribution in [0.1, 0.15) is 18.9 Å². The second-order valence-electron chi connectivity index (χ2n) is 3.66. The van der Waals surface area contributed by atoms with Gasteiger partial charge in [-0.3, -0.25) is 9.59 Å². The molecule has 1 amide bonds. The standard InChI is InChI=1S/C10H13N3O2/c11-7-6-13(5-3-9(7)14)8-2-1-4-12-10(8)15/h3,5-6,8H,1-2,4,11H2,(H,12,15). The molecule has 1 aliphatic heterocycles. The minimum absolute atomic E-state index is 0.00991. The number of amides is 1. The van der Waals surface area contributed by atoms with Gasteiger partial charge in [0.2, 0.25) is 11.3 Å². The molecule has 3 N–H and O–H groups in total. The number of carbonyl (C=O) groups excluding carboxylic acids is 1. The number of pyridine rings is 1. The molecule has 2 heterocycles. The lowest BCUT2D eigenvalue weighted by Crippen LogP contribution is -2.38. The van der Waals surface area contributed by atoms with Crippen molar-refractivity contribution < 1.29 is 4.79 Å². The molecule has 0 radical (unpaired) electrons. The first-order valence-corrected chi connectivity index (χ1v) is 4.93. The fourth-order valence-corrected chi connectivity index (χ4v) is 1.75. The maximum atomic E-state index is 11.5. The molecule has 1 unspecified atom stereocenters. The van der Waals surface area contributed by atoms with Crippen molar-refractivity contribution in [1.29, 1.82) is 0 Å². The minimum Gasteiger partial charge on any atom is -0.394 e. The molecule has 0 aromatic carbocycles. The van der Waals surface area contributed by atoms with E-state index in [9.17, 15) is 9.59 Å². The third kappa shape index (κ3) is 1.86. The van der Waals surface area contributed by atoms with Gasteiger partial charge in [0.1, 0.15) is 6.04 Å². The minimum atomic E-state index is -0.235. The molecule has 0 spiro atoms. The number of hydrogen-bond acceptors (Lipinski definition) is 3. The Hall–Kier alpha value is -1.78. The van der Waals surface area contributed by atoms with Crippen LogP contribution in [0.3, 0.4) is 0 Å².